The number of anilines is 8. The first-order valence-electron chi connectivity index (χ1n) is 25.2. The molecule has 0 saturated heterocycles. The Bertz CT molecular complexity index is 3300. The number of hydrogen-bond acceptors (Lipinski definition) is 4. The molecule has 0 bridgehead atoms. The van der Waals surface area contributed by atoms with Crippen molar-refractivity contribution in [3.05, 3.63) is 161 Å². The van der Waals surface area contributed by atoms with Gasteiger partial charge in [0.2, 0.25) is 0 Å². The third-order valence-electron chi connectivity index (χ3n) is 16.9. The Balaban J connectivity index is 1.15. The Hall–Kier alpha value is -5.78. The summed E-state index contributed by atoms with van der Waals surface area (Å²) in [5.41, 5.74) is 21.4. The molecule has 0 spiro atoms. The van der Waals surface area contributed by atoms with Gasteiger partial charge in [0.25, 0.3) is 6.71 Å². The minimum Gasteiger partial charge on any atom is -0.335 e. The molecule has 3 aliphatic heterocycles. The number of nitrogens with zero attached hydrogens (tertiary/aromatic N) is 3. The van der Waals surface area contributed by atoms with E-state index in [4.69, 9.17) is 0 Å². The van der Waals surface area contributed by atoms with Crippen LogP contribution in [0.25, 0.3) is 20.2 Å². The standard InChI is InChI=1S/C63H66BN3S/c1-39-33-53-57-54(34-39)67-58-49(62(11)31-15-16-32-63(62,67)12)35-42(61(8,9)10)36-51(58)64(57)50-30-28-45(37-52(50)66(53)46-27-29-48-47-17-13-14-18-55(47)68-56(48)38-46)65(43-23-19-40(20-24-43)59(2,3)4)44-25-21-41(22-26-44)60(5,6)7/h13-14,17-30,33-38H,15-16,31-32H2,1-12H3. The molecular weight excluding hydrogens is 842 g/mol. The van der Waals surface area contributed by atoms with Gasteiger partial charge in [-0.05, 0) is 154 Å². The monoisotopic (exact) mass is 908 g/mol. The predicted octanol–water partition coefficient (Wildman–Crippen LogP) is 16.1. The van der Waals surface area contributed by atoms with E-state index in [0.717, 1.165) is 17.1 Å². The van der Waals surface area contributed by atoms with Crippen LogP contribution in [0.2, 0.25) is 0 Å². The topological polar surface area (TPSA) is 9.72 Å². The lowest BCUT2D eigenvalue weighted by Crippen LogP contribution is -2.64. The molecule has 1 aliphatic carbocycles. The molecule has 342 valence electrons. The van der Waals surface area contributed by atoms with Crippen LogP contribution in [-0.4, -0.2) is 12.3 Å². The van der Waals surface area contributed by atoms with E-state index < -0.39 is 0 Å². The number of hydrogen-bond donors (Lipinski definition) is 0. The summed E-state index contributed by atoms with van der Waals surface area (Å²) in [6.07, 6.45) is 4.93. The second-order valence-electron chi connectivity index (χ2n) is 24.3. The fraction of sp³-hybridized carbons (Fsp3) is 0.333. The number of rotatable bonds is 4. The van der Waals surface area contributed by atoms with E-state index in [1.165, 1.54) is 113 Å². The van der Waals surface area contributed by atoms with Crippen molar-refractivity contribution in [2.45, 2.75) is 136 Å². The van der Waals surface area contributed by atoms with Gasteiger partial charge in [-0.1, -0.05) is 149 Å². The zero-order valence-electron chi connectivity index (χ0n) is 42.4. The first-order chi connectivity index (χ1) is 32.2. The molecule has 8 aromatic rings. The van der Waals surface area contributed by atoms with Gasteiger partial charge in [-0.2, -0.15) is 0 Å². The van der Waals surface area contributed by atoms with Crippen LogP contribution in [0.5, 0.6) is 0 Å². The largest absolute Gasteiger partial charge is 0.335 e. The van der Waals surface area contributed by atoms with E-state index in [2.05, 4.69) is 231 Å². The van der Waals surface area contributed by atoms with Crippen molar-refractivity contribution >= 4 is 100 Å². The van der Waals surface area contributed by atoms with Crippen LogP contribution in [-0.2, 0) is 21.7 Å². The van der Waals surface area contributed by atoms with Gasteiger partial charge >= 0.3 is 0 Å². The summed E-state index contributed by atoms with van der Waals surface area (Å²) in [6.45, 7) is 28.6. The molecule has 0 radical (unpaired) electrons. The average Bonchev–Trinajstić information content (AvgIpc) is 3.76. The van der Waals surface area contributed by atoms with Gasteiger partial charge in [-0.25, -0.2) is 0 Å². The van der Waals surface area contributed by atoms with E-state index in [1.807, 2.05) is 11.3 Å². The summed E-state index contributed by atoms with van der Waals surface area (Å²) in [6, 6.07) is 52.5. The summed E-state index contributed by atoms with van der Waals surface area (Å²) < 4.78 is 2.65. The number of fused-ring (bicyclic) bond motifs is 10. The number of thiophene rings is 1. The minimum absolute atomic E-state index is 0.00457. The summed E-state index contributed by atoms with van der Waals surface area (Å²) in [4.78, 5) is 8.01. The van der Waals surface area contributed by atoms with Crippen LogP contribution in [0.3, 0.4) is 0 Å². The van der Waals surface area contributed by atoms with E-state index in [1.54, 1.807) is 5.56 Å². The van der Waals surface area contributed by atoms with Crippen molar-refractivity contribution < 1.29 is 0 Å². The number of aryl methyl sites for hydroxylation is 1. The van der Waals surface area contributed by atoms with Crippen LogP contribution in [0.1, 0.15) is 130 Å². The van der Waals surface area contributed by atoms with Crippen LogP contribution < -0.4 is 31.1 Å². The summed E-state index contributed by atoms with van der Waals surface area (Å²) in [5, 5.41) is 2.66. The van der Waals surface area contributed by atoms with Crippen LogP contribution in [0.15, 0.2) is 133 Å². The molecule has 4 heterocycles. The Morgan fingerprint density at radius 1 is 0.544 bits per heavy atom. The summed E-state index contributed by atoms with van der Waals surface area (Å²) in [5.74, 6) is 0. The Labute approximate surface area is 409 Å². The second-order valence-corrected chi connectivity index (χ2v) is 25.4. The highest BCUT2D eigenvalue weighted by Gasteiger charge is 2.61. The normalized spacial score (nSPS) is 19.6. The molecule has 1 aromatic heterocycles. The van der Waals surface area contributed by atoms with E-state index in [0.29, 0.717) is 0 Å². The highest BCUT2D eigenvalue weighted by molar-refractivity contribution is 7.25. The molecule has 0 N–H and O–H groups in total. The quantitative estimate of drug-likeness (QED) is 0.163. The molecule has 4 aliphatic rings. The van der Waals surface area contributed by atoms with Gasteiger partial charge < -0.3 is 14.7 Å². The average molecular weight is 908 g/mol. The molecule has 1 fully saturated rings. The van der Waals surface area contributed by atoms with Crippen molar-refractivity contribution in [2.75, 3.05) is 14.7 Å². The minimum atomic E-state index is -0.0398. The lowest BCUT2D eigenvalue weighted by Gasteiger charge is -2.52. The van der Waals surface area contributed by atoms with Crippen molar-refractivity contribution in [1.82, 2.24) is 0 Å². The zero-order chi connectivity index (χ0) is 47.4. The summed E-state index contributed by atoms with van der Waals surface area (Å²) >= 11 is 1.91. The fourth-order valence-corrected chi connectivity index (χ4v) is 14.0. The maximum absolute atomic E-state index is 2.88. The maximum atomic E-state index is 2.88. The fourth-order valence-electron chi connectivity index (χ4n) is 12.8. The molecule has 0 amide bonds. The number of benzene rings is 7. The molecule has 1 saturated carbocycles. The van der Waals surface area contributed by atoms with Crippen molar-refractivity contribution in [1.29, 1.82) is 0 Å². The third-order valence-corrected chi connectivity index (χ3v) is 18.0. The van der Waals surface area contributed by atoms with Gasteiger partial charge in [0.15, 0.2) is 0 Å². The van der Waals surface area contributed by atoms with Crippen molar-refractivity contribution in [2.24, 2.45) is 0 Å². The Kier molecular flexibility index (Phi) is 9.36. The first-order valence-corrected chi connectivity index (χ1v) is 26.1. The summed E-state index contributed by atoms with van der Waals surface area (Å²) in [7, 11) is 0. The highest BCUT2D eigenvalue weighted by atomic mass is 32.1. The van der Waals surface area contributed by atoms with Gasteiger partial charge in [-0.15, -0.1) is 11.3 Å². The van der Waals surface area contributed by atoms with Crippen LogP contribution in [0.4, 0.5) is 45.5 Å². The second kappa shape index (κ2) is 14.6. The van der Waals surface area contributed by atoms with Gasteiger partial charge in [0.05, 0.1) is 5.54 Å². The molecule has 2 atom stereocenters. The molecule has 12 rings (SSSR count). The molecular formula is C63H66BN3S. The third kappa shape index (κ3) is 6.29. The first kappa shape index (κ1) is 43.5. The van der Waals surface area contributed by atoms with Crippen LogP contribution >= 0.6 is 11.3 Å². The van der Waals surface area contributed by atoms with Crippen LogP contribution in [0, 0.1) is 6.92 Å². The Morgan fingerprint density at radius 3 is 1.81 bits per heavy atom. The molecule has 68 heavy (non-hydrogen) atoms. The van der Waals surface area contributed by atoms with E-state index in [-0.39, 0.29) is 33.9 Å². The molecule has 2 unspecified atom stereocenters. The predicted molar refractivity (Wildman–Crippen MR) is 297 cm³/mol. The van der Waals surface area contributed by atoms with Gasteiger partial charge in [0, 0.05) is 71.1 Å². The van der Waals surface area contributed by atoms with Gasteiger partial charge in [-0.3, -0.25) is 0 Å². The lowest BCUT2D eigenvalue weighted by molar-refractivity contribution is 0.195. The van der Waals surface area contributed by atoms with Gasteiger partial charge in [0.1, 0.15) is 0 Å². The molecule has 7 aromatic carbocycles. The molecule has 5 heteroatoms. The lowest BCUT2D eigenvalue weighted by atomic mass is 9.33. The van der Waals surface area contributed by atoms with Crippen molar-refractivity contribution in [3.63, 3.8) is 0 Å². The highest BCUT2D eigenvalue weighted by Crippen LogP contribution is 2.62. The Morgan fingerprint density at radius 2 is 1.15 bits per heavy atom. The van der Waals surface area contributed by atoms with E-state index >= 15 is 0 Å². The maximum Gasteiger partial charge on any atom is 0.252 e. The van der Waals surface area contributed by atoms with E-state index in [9.17, 15) is 0 Å². The molecule has 3 nitrogen and oxygen atoms in total. The van der Waals surface area contributed by atoms with Crippen molar-refractivity contribution in [3.8, 4) is 0 Å². The zero-order valence-corrected chi connectivity index (χ0v) is 43.2. The smallest absolute Gasteiger partial charge is 0.252 e. The SMILES string of the molecule is Cc1cc2c3c(c1)N1c4c(cc(C(C)(C)C)cc4C4(C)CCCCC14C)B3c1ccc(N(c3ccc(C(C)(C)C)cc3)c3ccc(C(C)(C)C)cc3)cc1N2c1ccc2c(c1)sc1ccccc12.